The number of nitrogens with two attached hydrogens (primary N) is 1. The Bertz CT molecular complexity index is 258. The SMILES string of the molecule is CCNC(=O)C1(CCCC(N)=O)CCCC1. The highest BCUT2D eigenvalue weighted by Crippen LogP contribution is 2.42. The van der Waals surface area contributed by atoms with Crippen LogP contribution in [0.2, 0.25) is 0 Å². The Morgan fingerprint density at radius 1 is 1.31 bits per heavy atom. The van der Waals surface area contributed by atoms with E-state index in [2.05, 4.69) is 5.32 Å². The van der Waals surface area contributed by atoms with Crippen molar-refractivity contribution in [2.45, 2.75) is 51.9 Å². The third-order valence-electron chi connectivity index (χ3n) is 3.46. The maximum Gasteiger partial charge on any atom is 0.226 e. The topological polar surface area (TPSA) is 72.2 Å². The second-order valence-corrected chi connectivity index (χ2v) is 4.67. The zero-order chi connectivity index (χ0) is 12.0. The fourth-order valence-corrected chi connectivity index (χ4v) is 2.59. The highest BCUT2D eigenvalue weighted by Gasteiger charge is 2.39. The van der Waals surface area contributed by atoms with Crippen LogP contribution in [0.5, 0.6) is 0 Å². The lowest BCUT2D eigenvalue weighted by molar-refractivity contribution is -0.131. The van der Waals surface area contributed by atoms with E-state index in [4.69, 9.17) is 5.73 Å². The van der Waals surface area contributed by atoms with Gasteiger partial charge >= 0.3 is 0 Å². The molecule has 92 valence electrons. The molecule has 0 atom stereocenters. The van der Waals surface area contributed by atoms with Crippen LogP contribution in [0.1, 0.15) is 51.9 Å². The molecule has 0 heterocycles. The van der Waals surface area contributed by atoms with Gasteiger partial charge in [0.25, 0.3) is 0 Å². The molecule has 2 amide bonds. The largest absolute Gasteiger partial charge is 0.370 e. The van der Waals surface area contributed by atoms with Gasteiger partial charge in [-0.1, -0.05) is 12.8 Å². The predicted molar refractivity (Wildman–Crippen MR) is 62.6 cm³/mol. The van der Waals surface area contributed by atoms with Crippen molar-refractivity contribution in [1.82, 2.24) is 5.32 Å². The summed E-state index contributed by atoms with van der Waals surface area (Å²) >= 11 is 0. The number of carbonyl (C=O) groups is 2. The Labute approximate surface area is 97.0 Å². The fraction of sp³-hybridized carbons (Fsp3) is 0.833. The molecule has 3 N–H and O–H groups in total. The standard InChI is InChI=1S/C12H22N2O2/c1-2-14-11(16)12(7-3-4-8-12)9-5-6-10(13)15/h2-9H2,1H3,(H2,13,15)(H,14,16). The Kier molecular flexibility index (Phi) is 4.77. The molecule has 1 aliphatic rings. The lowest BCUT2D eigenvalue weighted by Crippen LogP contribution is -2.39. The Balaban J connectivity index is 2.51. The van der Waals surface area contributed by atoms with Crippen LogP contribution in [0, 0.1) is 5.41 Å². The Morgan fingerprint density at radius 3 is 2.44 bits per heavy atom. The van der Waals surface area contributed by atoms with Crippen LogP contribution in [0.4, 0.5) is 0 Å². The molecule has 4 heteroatoms. The van der Waals surface area contributed by atoms with Crippen molar-refractivity contribution in [1.29, 1.82) is 0 Å². The van der Waals surface area contributed by atoms with E-state index in [-0.39, 0.29) is 17.2 Å². The second-order valence-electron chi connectivity index (χ2n) is 4.67. The van der Waals surface area contributed by atoms with Crippen molar-refractivity contribution in [3.05, 3.63) is 0 Å². The van der Waals surface area contributed by atoms with Crippen LogP contribution in [0.3, 0.4) is 0 Å². The molecule has 0 aromatic carbocycles. The van der Waals surface area contributed by atoms with Crippen molar-refractivity contribution in [3.8, 4) is 0 Å². The molecule has 16 heavy (non-hydrogen) atoms. The first-order valence-corrected chi connectivity index (χ1v) is 6.17. The number of nitrogens with one attached hydrogen (secondary N) is 1. The van der Waals surface area contributed by atoms with Gasteiger partial charge in [-0.15, -0.1) is 0 Å². The molecule has 0 unspecified atom stereocenters. The summed E-state index contributed by atoms with van der Waals surface area (Å²) in [6, 6.07) is 0. The maximum absolute atomic E-state index is 12.0. The van der Waals surface area contributed by atoms with Gasteiger partial charge in [0, 0.05) is 18.4 Å². The van der Waals surface area contributed by atoms with Crippen molar-refractivity contribution in [2.75, 3.05) is 6.54 Å². The molecule has 0 aromatic rings. The molecule has 0 bridgehead atoms. The van der Waals surface area contributed by atoms with E-state index in [9.17, 15) is 9.59 Å². The Hall–Kier alpha value is -1.06. The molecule has 1 aliphatic carbocycles. The van der Waals surface area contributed by atoms with Gasteiger partial charge in [-0.2, -0.15) is 0 Å². The summed E-state index contributed by atoms with van der Waals surface area (Å²) in [4.78, 5) is 22.7. The summed E-state index contributed by atoms with van der Waals surface area (Å²) in [6.45, 7) is 2.61. The quantitative estimate of drug-likeness (QED) is 0.717. The molecule has 1 saturated carbocycles. The predicted octanol–water partition coefficient (Wildman–Crippen LogP) is 1.34. The van der Waals surface area contributed by atoms with E-state index in [0.29, 0.717) is 13.0 Å². The summed E-state index contributed by atoms with van der Waals surface area (Å²) < 4.78 is 0. The van der Waals surface area contributed by atoms with Gasteiger partial charge in [-0.05, 0) is 32.6 Å². The van der Waals surface area contributed by atoms with Crippen LogP contribution in [0.25, 0.3) is 0 Å². The first-order chi connectivity index (χ1) is 7.60. The summed E-state index contributed by atoms with van der Waals surface area (Å²) in [5.41, 5.74) is 4.90. The van der Waals surface area contributed by atoms with Gasteiger partial charge in [-0.3, -0.25) is 9.59 Å². The van der Waals surface area contributed by atoms with Gasteiger partial charge in [0.15, 0.2) is 0 Å². The molecule has 0 radical (unpaired) electrons. The van der Waals surface area contributed by atoms with E-state index in [1.807, 2.05) is 6.92 Å². The van der Waals surface area contributed by atoms with Crippen LogP contribution >= 0.6 is 0 Å². The average Bonchev–Trinajstić information content (AvgIpc) is 2.67. The van der Waals surface area contributed by atoms with Crippen molar-refractivity contribution in [3.63, 3.8) is 0 Å². The van der Waals surface area contributed by atoms with E-state index >= 15 is 0 Å². The smallest absolute Gasteiger partial charge is 0.226 e. The first-order valence-electron chi connectivity index (χ1n) is 6.17. The van der Waals surface area contributed by atoms with Crippen LogP contribution in [-0.4, -0.2) is 18.4 Å². The lowest BCUT2D eigenvalue weighted by Gasteiger charge is -2.27. The van der Waals surface area contributed by atoms with E-state index in [1.54, 1.807) is 0 Å². The monoisotopic (exact) mass is 226 g/mol. The van der Waals surface area contributed by atoms with E-state index < -0.39 is 0 Å². The number of rotatable bonds is 6. The normalized spacial score (nSPS) is 18.3. The molecular formula is C12H22N2O2. The van der Waals surface area contributed by atoms with Crippen LogP contribution in [-0.2, 0) is 9.59 Å². The number of primary amides is 1. The summed E-state index contributed by atoms with van der Waals surface area (Å²) in [5.74, 6) is -0.110. The minimum atomic E-state index is -0.274. The summed E-state index contributed by atoms with van der Waals surface area (Å²) in [7, 11) is 0. The zero-order valence-electron chi connectivity index (χ0n) is 10.1. The van der Waals surface area contributed by atoms with E-state index in [1.165, 1.54) is 0 Å². The highest BCUT2D eigenvalue weighted by atomic mass is 16.2. The number of amides is 2. The van der Waals surface area contributed by atoms with Crippen molar-refractivity contribution < 1.29 is 9.59 Å². The molecule has 1 rings (SSSR count). The van der Waals surface area contributed by atoms with Crippen LogP contribution in [0.15, 0.2) is 0 Å². The Morgan fingerprint density at radius 2 is 1.94 bits per heavy atom. The number of carbonyl (C=O) groups excluding carboxylic acids is 2. The molecule has 0 aromatic heterocycles. The van der Waals surface area contributed by atoms with Gasteiger partial charge in [0.1, 0.15) is 0 Å². The summed E-state index contributed by atoms with van der Waals surface area (Å²) in [6.07, 6.45) is 6.06. The lowest BCUT2D eigenvalue weighted by atomic mass is 9.80. The van der Waals surface area contributed by atoms with Gasteiger partial charge in [-0.25, -0.2) is 0 Å². The number of hydrogen-bond acceptors (Lipinski definition) is 2. The van der Waals surface area contributed by atoms with Gasteiger partial charge in [0.05, 0.1) is 0 Å². The summed E-state index contributed by atoms with van der Waals surface area (Å²) in [5, 5.41) is 2.91. The highest BCUT2D eigenvalue weighted by molar-refractivity contribution is 5.83. The molecule has 1 fully saturated rings. The van der Waals surface area contributed by atoms with E-state index in [0.717, 1.165) is 38.5 Å². The maximum atomic E-state index is 12.0. The minimum absolute atomic E-state index is 0.164. The fourth-order valence-electron chi connectivity index (χ4n) is 2.59. The molecular weight excluding hydrogens is 204 g/mol. The first kappa shape index (κ1) is 13.0. The third-order valence-corrected chi connectivity index (χ3v) is 3.46. The third kappa shape index (κ3) is 3.22. The van der Waals surface area contributed by atoms with Gasteiger partial charge in [0.2, 0.25) is 11.8 Å². The molecule has 4 nitrogen and oxygen atoms in total. The molecule has 0 saturated heterocycles. The van der Waals surface area contributed by atoms with Crippen LogP contribution < -0.4 is 11.1 Å². The van der Waals surface area contributed by atoms with Crippen molar-refractivity contribution in [2.24, 2.45) is 11.1 Å². The molecule has 0 aliphatic heterocycles. The number of hydrogen-bond donors (Lipinski definition) is 2. The average molecular weight is 226 g/mol. The zero-order valence-corrected chi connectivity index (χ0v) is 10.1. The van der Waals surface area contributed by atoms with Gasteiger partial charge < -0.3 is 11.1 Å². The minimum Gasteiger partial charge on any atom is -0.370 e. The molecule has 0 spiro atoms. The second kappa shape index (κ2) is 5.87. The van der Waals surface area contributed by atoms with Crippen molar-refractivity contribution >= 4 is 11.8 Å².